The summed E-state index contributed by atoms with van der Waals surface area (Å²) in [5, 5.41) is 8.61. The second-order valence-corrected chi connectivity index (χ2v) is 9.51. The van der Waals surface area contributed by atoms with Gasteiger partial charge in [-0.1, -0.05) is 12.8 Å². The molecule has 1 N–H and O–H groups in total. The molecule has 1 spiro atoms. The van der Waals surface area contributed by atoms with Crippen molar-refractivity contribution in [3.05, 3.63) is 0 Å². The summed E-state index contributed by atoms with van der Waals surface area (Å²) in [5.74, 6) is -0.838. The first-order valence-corrected chi connectivity index (χ1v) is 9.64. The molecule has 3 rings (SSSR count). The van der Waals surface area contributed by atoms with Crippen LogP contribution in [0.4, 0.5) is 0 Å². The van der Waals surface area contributed by atoms with Gasteiger partial charge < -0.3 is 9.84 Å². The Labute approximate surface area is 126 Å². The van der Waals surface area contributed by atoms with Crippen LogP contribution in [0.1, 0.15) is 57.8 Å². The first kappa shape index (κ1) is 15.3. The molecule has 1 aliphatic heterocycles. The number of hydrogen-bond acceptors (Lipinski definition) is 4. The van der Waals surface area contributed by atoms with Crippen LogP contribution in [0.3, 0.4) is 0 Å². The van der Waals surface area contributed by atoms with Gasteiger partial charge in [0.25, 0.3) is 0 Å². The fourth-order valence-electron chi connectivity index (χ4n) is 4.07. The monoisotopic (exact) mass is 316 g/mol. The number of ether oxygens (including phenoxy) is 1. The molecule has 1 heterocycles. The first-order chi connectivity index (χ1) is 9.85. The van der Waals surface area contributed by atoms with E-state index >= 15 is 0 Å². The van der Waals surface area contributed by atoms with Crippen LogP contribution in [-0.2, 0) is 19.4 Å². The van der Waals surface area contributed by atoms with Crippen molar-refractivity contribution in [3.63, 3.8) is 0 Å². The van der Waals surface area contributed by atoms with E-state index in [1.54, 1.807) is 0 Å². The summed E-state index contributed by atoms with van der Waals surface area (Å²) in [7, 11) is -3.23. The fraction of sp³-hybridized carbons (Fsp3) is 0.933. The lowest BCUT2D eigenvalue weighted by Crippen LogP contribution is -2.44. The molecule has 0 aromatic rings. The summed E-state index contributed by atoms with van der Waals surface area (Å²) in [6.45, 7) is 0.524. The fourth-order valence-corrected chi connectivity index (χ4v) is 6.56. The van der Waals surface area contributed by atoms with Gasteiger partial charge in [0.15, 0.2) is 9.84 Å². The van der Waals surface area contributed by atoms with Crippen LogP contribution >= 0.6 is 0 Å². The maximum Gasteiger partial charge on any atom is 0.303 e. The molecule has 1 unspecified atom stereocenters. The van der Waals surface area contributed by atoms with Gasteiger partial charge in [-0.2, -0.15) is 0 Å². The van der Waals surface area contributed by atoms with Crippen LogP contribution in [0.25, 0.3) is 0 Å². The lowest BCUT2D eigenvalue weighted by Gasteiger charge is -2.38. The number of aliphatic carboxylic acids is 1. The van der Waals surface area contributed by atoms with Gasteiger partial charge in [0.1, 0.15) is 0 Å². The maximum atomic E-state index is 12.7. The van der Waals surface area contributed by atoms with E-state index in [1.807, 2.05) is 0 Å². The smallest absolute Gasteiger partial charge is 0.303 e. The third-order valence-corrected chi connectivity index (χ3v) is 7.89. The zero-order chi connectivity index (χ0) is 15.1. The minimum absolute atomic E-state index is 0.0133. The van der Waals surface area contributed by atoms with Crippen LogP contribution in [0.15, 0.2) is 0 Å². The van der Waals surface area contributed by atoms with Crippen molar-refractivity contribution in [2.24, 2.45) is 5.41 Å². The number of carboxylic acid groups (broad SMARTS) is 1. The summed E-state index contributed by atoms with van der Waals surface area (Å²) >= 11 is 0. The van der Waals surface area contributed by atoms with Crippen LogP contribution in [0, 0.1) is 5.41 Å². The Morgan fingerprint density at radius 1 is 1.19 bits per heavy atom. The predicted octanol–water partition coefficient (Wildman–Crippen LogP) is 2.15. The lowest BCUT2D eigenvalue weighted by molar-refractivity contribution is -0.138. The van der Waals surface area contributed by atoms with Gasteiger partial charge in [0, 0.05) is 6.61 Å². The van der Waals surface area contributed by atoms with Crippen LogP contribution in [0.2, 0.25) is 0 Å². The van der Waals surface area contributed by atoms with E-state index < -0.39 is 21.2 Å². The van der Waals surface area contributed by atoms with Gasteiger partial charge in [0.2, 0.25) is 0 Å². The highest BCUT2D eigenvalue weighted by atomic mass is 32.2. The highest BCUT2D eigenvalue weighted by Crippen LogP contribution is 2.51. The van der Waals surface area contributed by atoms with Crippen molar-refractivity contribution in [1.29, 1.82) is 0 Å². The summed E-state index contributed by atoms with van der Waals surface area (Å²) in [4.78, 5) is 10.9. The highest BCUT2D eigenvalue weighted by molar-refractivity contribution is 7.92. The number of carboxylic acids is 1. The van der Waals surface area contributed by atoms with E-state index in [2.05, 4.69) is 0 Å². The molecule has 2 aliphatic carbocycles. The summed E-state index contributed by atoms with van der Waals surface area (Å²) in [6, 6.07) is 0. The van der Waals surface area contributed by atoms with Gasteiger partial charge in [-0.25, -0.2) is 8.42 Å². The van der Waals surface area contributed by atoms with Crippen LogP contribution in [0.5, 0.6) is 0 Å². The van der Waals surface area contributed by atoms with Crippen LogP contribution in [-0.4, -0.2) is 42.7 Å². The first-order valence-electron chi connectivity index (χ1n) is 7.92. The third kappa shape index (κ3) is 3.26. The molecule has 0 amide bonds. The minimum atomic E-state index is -3.23. The molecule has 3 fully saturated rings. The molecular formula is C15H24O5S. The number of carbonyl (C=O) groups is 1. The van der Waals surface area contributed by atoms with Gasteiger partial charge in [0.05, 0.1) is 23.0 Å². The van der Waals surface area contributed by atoms with E-state index in [0.29, 0.717) is 19.4 Å². The van der Waals surface area contributed by atoms with E-state index in [4.69, 9.17) is 9.84 Å². The molecule has 0 bridgehead atoms. The molecule has 0 radical (unpaired) electrons. The molecule has 1 atom stereocenters. The average molecular weight is 316 g/mol. The normalized spacial score (nSPS) is 30.4. The molecular weight excluding hydrogens is 292 g/mol. The van der Waals surface area contributed by atoms with Crippen molar-refractivity contribution < 1.29 is 23.1 Å². The zero-order valence-corrected chi connectivity index (χ0v) is 13.2. The highest BCUT2D eigenvalue weighted by Gasteiger charge is 2.51. The molecule has 5 nitrogen and oxygen atoms in total. The van der Waals surface area contributed by atoms with Gasteiger partial charge in [-0.05, 0) is 43.9 Å². The van der Waals surface area contributed by atoms with Crippen molar-refractivity contribution in [3.8, 4) is 0 Å². The van der Waals surface area contributed by atoms with E-state index in [9.17, 15) is 13.2 Å². The molecule has 0 aromatic carbocycles. The Kier molecular flexibility index (Phi) is 3.81. The topological polar surface area (TPSA) is 80.7 Å². The van der Waals surface area contributed by atoms with Gasteiger partial charge in [-0.3, -0.25) is 4.79 Å². The Morgan fingerprint density at radius 2 is 1.86 bits per heavy atom. The Bertz CT molecular complexity index is 514. The molecule has 120 valence electrons. The molecule has 6 heteroatoms. The Hall–Kier alpha value is -0.620. The average Bonchev–Trinajstić information content (AvgIpc) is 2.96. The van der Waals surface area contributed by atoms with E-state index in [0.717, 1.165) is 38.5 Å². The minimum Gasteiger partial charge on any atom is -0.481 e. The second kappa shape index (κ2) is 5.23. The summed E-state index contributed by atoms with van der Waals surface area (Å²) in [6.07, 6.45) is 6.80. The van der Waals surface area contributed by atoms with Crippen molar-refractivity contribution in [1.82, 2.24) is 0 Å². The van der Waals surface area contributed by atoms with Gasteiger partial charge in [-0.15, -0.1) is 0 Å². The molecule has 21 heavy (non-hydrogen) atoms. The van der Waals surface area contributed by atoms with Gasteiger partial charge >= 0.3 is 5.97 Å². The SMILES string of the molecule is O=C(O)CC1(CS(=O)(=O)C2CCOC3(CCCC3)C2)CC1. The maximum absolute atomic E-state index is 12.7. The van der Waals surface area contributed by atoms with E-state index in [1.165, 1.54) is 0 Å². The third-order valence-electron chi connectivity index (χ3n) is 5.46. The lowest BCUT2D eigenvalue weighted by atomic mass is 9.92. The standard InChI is InChI=1S/C15H24O5S/c16-13(17)10-14(6-7-14)11-21(18,19)12-3-8-20-15(9-12)4-1-2-5-15/h12H,1-11H2,(H,16,17). The molecule has 0 aromatic heterocycles. The Balaban J connectivity index is 1.68. The predicted molar refractivity (Wildman–Crippen MR) is 77.9 cm³/mol. The summed E-state index contributed by atoms with van der Waals surface area (Å²) in [5.41, 5.74) is -0.689. The number of rotatable bonds is 5. The number of hydrogen-bond donors (Lipinski definition) is 1. The van der Waals surface area contributed by atoms with Crippen molar-refractivity contribution >= 4 is 15.8 Å². The Morgan fingerprint density at radius 3 is 2.43 bits per heavy atom. The number of sulfone groups is 1. The quantitative estimate of drug-likeness (QED) is 0.840. The van der Waals surface area contributed by atoms with Crippen molar-refractivity contribution in [2.75, 3.05) is 12.4 Å². The van der Waals surface area contributed by atoms with E-state index in [-0.39, 0.29) is 23.0 Å². The largest absolute Gasteiger partial charge is 0.481 e. The summed E-state index contributed by atoms with van der Waals surface area (Å²) < 4.78 is 31.3. The molecule has 1 saturated heterocycles. The zero-order valence-electron chi connectivity index (χ0n) is 12.3. The van der Waals surface area contributed by atoms with Crippen molar-refractivity contribution in [2.45, 2.75) is 68.6 Å². The molecule has 3 aliphatic rings. The second-order valence-electron chi connectivity index (χ2n) is 7.23. The van der Waals surface area contributed by atoms with Crippen LogP contribution < -0.4 is 0 Å². The molecule has 2 saturated carbocycles.